The van der Waals surface area contributed by atoms with Gasteiger partial charge in [-0.15, -0.1) is 11.8 Å². The molecule has 0 bridgehead atoms. The molecule has 6 nitrogen and oxygen atoms in total. The van der Waals surface area contributed by atoms with Gasteiger partial charge in [0, 0.05) is 22.4 Å². The Morgan fingerprint density at radius 2 is 1.75 bits per heavy atom. The van der Waals surface area contributed by atoms with Crippen LogP contribution < -0.4 is 5.32 Å². The lowest BCUT2D eigenvalue weighted by molar-refractivity contribution is -0.149. The number of benzene rings is 2. The van der Waals surface area contributed by atoms with E-state index in [4.69, 9.17) is 0 Å². The van der Waals surface area contributed by atoms with Crippen LogP contribution in [0.15, 0.2) is 65.6 Å². The highest BCUT2D eigenvalue weighted by molar-refractivity contribution is 8.00. The van der Waals surface area contributed by atoms with Gasteiger partial charge in [-0.3, -0.25) is 9.59 Å². The number of thioether (sulfide) groups is 1. The average molecular weight is 473 g/mol. The minimum absolute atomic E-state index is 0.0198. The monoisotopic (exact) mass is 472 g/mol. The zero-order chi connectivity index (χ0) is 23.1. The van der Waals surface area contributed by atoms with Gasteiger partial charge in [0.05, 0.1) is 5.92 Å². The van der Waals surface area contributed by atoms with E-state index in [0.717, 1.165) is 10.5 Å². The molecule has 2 aromatic rings. The first kappa shape index (κ1) is 24.2. The molecule has 1 aliphatic heterocycles. The molecule has 0 saturated carbocycles. The van der Waals surface area contributed by atoms with Gasteiger partial charge in [-0.25, -0.2) is 4.79 Å². The largest absolute Gasteiger partial charge is 0.480 e. The van der Waals surface area contributed by atoms with Gasteiger partial charge in [-0.1, -0.05) is 48.5 Å². The van der Waals surface area contributed by atoms with Gasteiger partial charge in [-0.05, 0) is 37.5 Å². The lowest BCUT2D eigenvalue weighted by atomic mass is 10.00. The van der Waals surface area contributed by atoms with Crippen molar-refractivity contribution in [3.8, 4) is 0 Å². The quantitative estimate of drug-likeness (QED) is 0.488. The minimum atomic E-state index is -1.02. The molecule has 2 aromatic carbocycles. The Kier molecular flexibility index (Phi) is 8.64. The normalized spacial score (nSPS) is 19.9. The number of aliphatic carboxylic acids is 1. The molecule has 0 aliphatic carbocycles. The van der Waals surface area contributed by atoms with Gasteiger partial charge in [0.25, 0.3) is 0 Å². The summed E-state index contributed by atoms with van der Waals surface area (Å²) in [4.78, 5) is 40.1. The van der Waals surface area contributed by atoms with Crippen LogP contribution in [0.3, 0.4) is 0 Å². The van der Waals surface area contributed by atoms with Crippen molar-refractivity contribution in [2.45, 2.75) is 42.0 Å². The topological polar surface area (TPSA) is 86.7 Å². The van der Waals surface area contributed by atoms with Gasteiger partial charge < -0.3 is 15.3 Å². The van der Waals surface area contributed by atoms with E-state index in [1.165, 1.54) is 4.90 Å². The maximum absolute atomic E-state index is 13.1. The molecule has 2 amide bonds. The summed E-state index contributed by atoms with van der Waals surface area (Å²) in [6, 6.07) is 17.7. The highest BCUT2D eigenvalue weighted by atomic mass is 32.2. The van der Waals surface area contributed by atoms with Crippen molar-refractivity contribution in [2.24, 2.45) is 5.92 Å². The van der Waals surface area contributed by atoms with Crippen LogP contribution in [-0.2, 0) is 20.8 Å². The molecule has 1 fully saturated rings. The van der Waals surface area contributed by atoms with Crippen LogP contribution in [0.25, 0.3) is 0 Å². The van der Waals surface area contributed by atoms with Crippen LogP contribution in [0.1, 0.15) is 18.9 Å². The van der Waals surface area contributed by atoms with Gasteiger partial charge >= 0.3 is 5.97 Å². The molecule has 0 aromatic heterocycles. The fraction of sp³-hybridized carbons (Fsp3) is 0.375. The summed E-state index contributed by atoms with van der Waals surface area (Å²) in [5.41, 5.74) is 1.02. The van der Waals surface area contributed by atoms with Crippen LogP contribution in [0.2, 0.25) is 0 Å². The third-order valence-corrected chi connectivity index (χ3v) is 7.18. The Bertz CT molecular complexity index is 926. The Balaban J connectivity index is 1.62. The summed E-state index contributed by atoms with van der Waals surface area (Å²) in [6.45, 7) is 1.94. The Hall–Kier alpha value is -2.45. The average Bonchev–Trinajstić information content (AvgIpc) is 3.22. The highest BCUT2D eigenvalue weighted by Gasteiger charge is 2.41. The summed E-state index contributed by atoms with van der Waals surface area (Å²) in [7, 11) is 0. The fourth-order valence-corrected chi connectivity index (χ4v) is 5.34. The molecular weight excluding hydrogens is 444 g/mol. The minimum Gasteiger partial charge on any atom is -0.480 e. The maximum Gasteiger partial charge on any atom is 0.326 e. The van der Waals surface area contributed by atoms with Gasteiger partial charge in [0.15, 0.2) is 0 Å². The number of amides is 2. The highest BCUT2D eigenvalue weighted by Crippen LogP contribution is 2.33. The van der Waals surface area contributed by atoms with E-state index in [1.54, 1.807) is 18.7 Å². The van der Waals surface area contributed by atoms with E-state index in [0.29, 0.717) is 25.1 Å². The van der Waals surface area contributed by atoms with E-state index in [1.807, 2.05) is 60.7 Å². The number of rotatable bonds is 9. The van der Waals surface area contributed by atoms with Crippen molar-refractivity contribution in [1.29, 1.82) is 0 Å². The van der Waals surface area contributed by atoms with Crippen LogP contribution in [0, 0.1) is 5.92 Å². The Morgan fingerprint density at radius 1 is 1.12 bits per heavy atom. The number of carbonyl (C=O) groups is 3. The van der Waals surface area contributed by atoms with Gasteiger partial charge in [-0.2, -0.15) is 12.6 Å². The molecule has 1 aliphatic rings. The zero-order valence-corrected chi connectivity index (χ0v) is 19.6. The number of carboxylic acid groups (broad SMARTS) is 1. The summed E-state index contributed by atoms with van der Waals surface area (Å²) in [5.74, 6) is -1.69. The Labute approximate surface area is 198 Å². The van der Waals surface area contributed by atoms with Crippen molar-refractivity contribution in [1.82, 2.24) is 10.2 Å². The maximum atomic E-state index is 13.1. The predicted octanol–water partition coefficient (Wildman–Crippen LogP) is 3.13. The number of thiol groups is 1. The summed E-state index contributed by atoms with van der Waals surface area (Å²) >= 11 is 5.88. The van der Waals surface area contributed by atoms with Crippen molar-refractivity contribution < 1.29 is 19.5 Å². The van der Waals surface area contributed by atoms with Crippen molar-refractivity contribution >= 4 is 42.2 Å². The van der Waals surface area contributed by atoms with Crippen molar-refractivity contribution in [2.75, 3.05) is 12.3 Å². The molecule has 32 heavy (non-hydrogen) atoms. The summed E-state index contributed by atoms with van der Waals surface area (Å²) in [5, 5.41) is 12.4. The van der Waals surface area contributed by atoms with Gasteiger partial charge in [0.2, 0.25) is 11.8 Å². The molecule has 8 heteroatoms. The SMILES string of the molecule is C[C@H](NC(=O)[C@@H](CS)Cc1ccccc1)C(=O)N1C[C@@H](Sc2ccccc2)C[C@H]1C(=O)O. The Morgan fingerprint density at radius 3 is 2.34 bits per heavy atom. The third-order valence-electron chi connectivity index (χ3n) is 5.52. The number of carboxylic acids is 1. The number of likely N-dealkylation sites (tertiary alicyclic amines) is 1. The number of carbonyl (C=O) groups excluding carboxylic acids is 2. The number of nitrogens with zero attached hydrogens (tertiary/aromatic N) is 1. The van der Waals surface area contributed by atoms with E-state index in [-0.39, 0.29) is 23.0 Å². The van der Waals surface area contributed by atoms with E-state index in [9.17, 15) is 19.5 Å². The lowest BCUT2D eigenvalue weighted by Crippen LogP contribution is -2.51. The molecule has 3 rings (SSSR count). The molecule has 4 atom stereocenters. The second kappa shape index (κ2) is 11.4. The number of hydrogen-bond donors (Lipinski definition) is 3. The summed E-state index contributed by atoms with van der Waals surface area (Å²) in [6.07, 6.45) is 0.892. The first-order valence-corrected chi connectivity index (χ1v) is 12.1. The van der Waals surface area contributed by atoms with Crippen LogP contribution >= 0.6 is 24.4 Å². The first-order chi connectivity index (χ1) is 15.4. The third kappa shape index (κ3) is 6.29. The summed E-state index contributed by atoms with van der Waals surface area (Å²) < 4.78 is 0. The molecule has 1 heterocycles. The predicted molar refractivity (Wildman–Crippen MR) is 129 cm³/mol. The van der Waals surface area contributed by atoms with E-state index >= 15 is 0 Å². The van der Waals surface area contributed by atoms with Crippen LogP contribution in [0.5, 0.6) is 0 Å². The molecule has 0 unspecified atom stereocenters. The molecule has 1 saturated heterocycles. The smallest absolute Gasteiger partial charge is 0.326 e. The van der Waals surface area contributed by atoms with Crippen molar-refractivity contribution in [3.05, 3.63) is 66.2 Å². The zero-order valence-electron chi connectivity index (χ0n) is 17.9. The van der Waals surface area contributed by atoms with E-state index < -0.39 is 18.1 Å². The lowest BCUT2D eigenvalue weighted by Gasteiger charge is -2.26. The fourth-order valence-electron chi connectivity index (χ4n) is 3.83. The van der Waals surface area contributed by atoms with Gasteiger partial charge in [0.1, 0.15) is 12.1 Å². The van der Waals surface area contributed by atoms with Crippen molar-refractivity contribution in [3.63, 3.8) is 0 Å². The van der Waals surface area contributed by atoms with Crippen LogP contribution in [-0.4, -0.2) is 57.4 Å². The molecular formula is C24H28N2O4S2. The molecule has 170 valence electrons. The number of hydrogen-bond acceptors (Lipinski definition) is 5. The molecule has 0 radical (unpaired) electrons. The van der Waals surface area contributed by atoms with E-state index in [2.05, 4.69) is 17.9 Å². The second-order valence-electron chi connectivity index (χ2n) is 7.93. The molecule has 0 spiro atoms. The van der Waals surface area contributed by atoms with Crippen LogP contribution in [0.4, 0.5) is 0 Å². The number of nitrogens with one attached hydrogen (secondary N) is 1. The standard InChI is InChI=1S/C24H28N2O4S2/c1-16(25-22(27)18(15-31)12-17-8-4-2-5-9-17)23(28)26-14-20(13-21(26)24(29)30)32-19-10-6-3-7-11-19/h2-11,16,18,20-21,31H,12-15H2,1H3,(H,25,27)(H,29,30)/t16-,18+,20-,21-/m0/s1. The second-order valence-corrected chi connectivity index (χ2v) is 9.67. The first-order valence-electron chi connectivity index (χ1n) is 10.6. The molecule has 2 N–H and O–H groups in total.